The van der Waals surface area contributed by atoms with Crippen LogP contribution in [0.1, 0.15) is 24.0 Å². The molecule has 2 saturated heterocycles. The summed E-state index contributed by atoms with van der Waals surface area (Å²) in [6.45, 7) is 1.75. The molecule has 0 aliphatic carbocycles. The number of amides is 1. The Morgan fingerprint density at radius 3 is 2.49 bits per heavy atom. The lowest BCUT2D eigenvalue weighted by molar-refractivity contribution is -0.123. The lowest BCUT2D eigenvalue weighted by atomic mass is 10.1. The highest BCUT2D eigenvalue weighted by Crippen LogP contribution is 2.36. The van der Waals surface area contributed by atoms with Gasteiger partial charge in [-0.15, -0.1) is 0 Å². The van der Waals surface area contributed by atoms with Crippen LogP contribution in [0.4, 0.5) is 0 Å². The highest BCUT2D eigenvalue weighted by Gasteiger charge is 2.35. The van der Waals surface area contributed by atoms with Gasteiger partial charge in [0, 0.05) is 23.9 Å². The van der Waals surface area contributed by atoms with Crippen molar-refractivity contribution < 1.29 is 14.3 Å². The molecule has 196 valence electrons. The smallest absolute Gasteiger partial charge is 0.266 e. The van der Waals surface area contributed by atoms with E-state index in [2.05, 4.69) is 0 Å². The Balaban J connectivity index is 1.28. The number of aromatic nitrogens is 2. The van der Waals surface area contributed by atoms with Crippen LogP contribution in [0.5, 0.6) is 5.75 Å². The number of hydrogen-bond donors (Lipinski definition) is 0. The Bertz CT molecular complexity index is 1500. The molecule has 0 radical (unpaired) electrons. The van der Waals surface area contributed by atoms with Gasteiger partial charge < -0.3 is 9.47 Å². The molecule has 1 atom stereocenters. The molecule has 0 N–H and O–H groups in total. The summed E-state index contributed by atoms with van der Waals surface area (Å²) in [6, 6.07) is 27.9. The molecule has 39 heavy (non-hydrogen) atoms. The molecule has 6 nitrogen and oxygen atoms in total. The Morgan fingerprint density at radius 1 is 1.03 bits per heavy atom. The van der Waals surface area contributed by atoms with Crippen LogP contribution in [0.25, 0.3) is 23.0 Å². The van der Waals surface area contributed by atoms with Crippen LogP contribution in [-0.2, 0) is 16.1 Å². The highest BCUT2D eigenvalue weighted by molar-refractivity contribution is 8.26. The molecule has 3 heterocycles. The van der Waals surface area contributed by atoms with Crippen molar-refractivity contribution in [1.29, 1.82) is 0 Å². The minimum Gasteiger partial charge on any atom is -0.489 e. The standard InChI is InChI=1S/C31H27N3O3S2/c35-30-28(39-31(38)33(30)20-27-12-7-17-36-27)18-24-19-34(25-10-5-2-6-11-25)32-29(24)23-13-15-26(16-14-23)37-21-22-8-3-1-4-9-22/h1-6,8-11,13-16,18-19,27H,7,12,17,20-21H2/b28-18-. The molecule has 0 bridgehead atoms. The molecular formula is C31H27N3O3S2. The number of para-hydroxylation sites is 1. The molecule has 1 amide bonds. The first kappa shape index (κ1) is 25.6. The number of benzene rings is 3. The van der Waals surface area contributed by atoms with E-state index in [1.54, 1.807) is 4.90 Å². The SMILES string of the molecule is O=C1/C(=C/c2cn(-c3ccccc3)nc2-c2ccc(OCc3ccccc3)cc2)SC(=S)N1CC1CCCO1. The van der Waals surface area contributed by atoms with E-state index >= 15 is 0 Å². The quantitative estimate of drug-likeness (QED) is 0.183. The fourth-order valence-electron chi connectivity index (χ4n) is 4.67. The van der Waals surface area contributed by atoms with E-state index in [9.17, 15) is 4.79 Å². The first-order chi connectivity index (χ1) is 19.1. The summed E-state index contributed by atoms with van der Waals surface area (Å²) in [5.74, 6) is 0.699. The summed E-state index contributed by atoms with van der Waals surface area (Å²) < 4.78 is 14.1. The second kappa shape index (κ2) is 11.6. The molecule has 2 fully saturated rings. The van der Waals surface area contributed by atoms with Gasteiger partial charge in [-0.3, -0.25) is 9.69 Å². The predicted octanol–water partition coefficient (Wildman–Crippen LogP) is 6.50. The molecule has 0 saturated carbocycles. The van der Waals surface area contributed by atoms with Crippen molar-refractivity contribution in [1.82, 2.24) is 14.7 Å². The molecule has 4 aromatic rings. The number of nitrogens with zero attached hydrogens (tertiary/aromatic N) is 3. The van der Waals surface area contributed by atoms with Gasteiger partial charge in [-0.2, -0.15) is 5.10 Å². The Kier molecular flexibility index (Phi) is 7.58. The third-order valence-corrected chi connectivity index (χ3v) is 8.09. The topological polar surface area (TPSA) is 56.6 Å². The molecule has 2 aliphatic heterocycles. The maximum Gasteiger partial charge on any atom is 0.266 e. The summed E-state index contributed by atoms with van der Waals surface area (Å²) >= 11 is 6.90. The summed E-state index contributed by atoms with van der Waals surface area (Å²) in [6.07, 6.45) is 5.88. The minimum atomic E-state index is -0.0800. The van der Waals surface area contributed by atoms with Gasteiger partial charge in [0.15, 0.2) is 0 Å². The first-order valence-electron chi connectivity index (χ1n) is 12.9. The number of hydrogen-bond acceptors (Lipinski definition) is 6. The van der Waals surface area contributed by atoms with Crippen LogP contribution in [0.3, 0.4) is 0 Å². The number of carbonyl (C=O) groups is 1. The lowest BCUT2D eigenvalue weighted by Crippen LogP contribution is -2.35. The van der Waals surface area contributed by atoms with Crippen LogP contribution in [-0.4, -0.2) is 44.2 Å². The molecule has 1 aromatic heterocycles. The van der Waals surface area contributed by atoms with Gasteiger partial charge in [-0.05, 0) is 60.9 Å². The minimum absolute atomic E-state index is 0.0471. The molecule has 2 aliphatic rings. The van der Waals surface area contributed by atoms with Gasteiger partial charge in [0.2, 0.25) is 0 Å². The van der Waals surface area contributed by atoms with Crippen molar-refractivity contribution in [2.45, 2.75) is 25.6 Å². The van der Waals surface area contributed by atoms with Gasteiger partial charge in [0.25, 0.3) is 5.91 Å². The van der Waals surface area contributed by atoms with E-state index in [4.69, 9.17) is 26.8 Å². The van der Waals surface area contributed by atoms with E-state index < -0.39 is 0 Å². The Labute approximate surface area is 237 Å². The van der Waals surface area contributed by atoms with E-state index in [1.165, 1.54) is 11.8 Å². The molecule has 6 rings (SSSR count). The maximum absolute atomic E-state index is 13.3. The van der Waals surface area contributed by atoms with Crippen LogP contribution in [0.2, 0.25) is 0 Å². The second-order valence-corrected chi connectivity index (χ2v) is 11.1. The highest BCUT2D eigenvalue weighted by atomic mass is 32.2. The van der Waals surface area contributed by atoms with Crippen LogP contribution >= 0.6 is 24.0 Å². The van der Waals surface area contributed by atoms with Crippen LogP contribution < -0.4 is 4.74 Å². The fourth-order valence-corrected chi connectivity index (χ4v) is 5.94. The molecule has 8 heteroatoms. The zero-order valence-electron chi connectivity index (χ0n) is 21.2. The van der Waals surface area contributed by atoms with Crippen molar-refractivity contribution in [3.63, 3.8) is 0 Å². The summed E-state index contributed by atoms with van der Waals surface area (Å²) in [4.78, 5) is 15.6. The lowest BCUT2D eigenvalue weighted by Gasteiger charge is -2.18. The van der Waals surface area contributed by atoms with E-state index in [0.717, 1.165) is 53.3 Å². The zero-order chi connectivity index (χ0) is 26.6. The largest absolute Gasteiger partial charge is 0.489 e. The number of thiocarbonyl (C=S) groups is 1. The van der Waals surface area contributed by atoms with Gasteiger partial charge in [-0.25, -0.2) is 4.68 Å². The normalized spacial score (nSPS) is 18.3. The molecule has 3 aromatic carbocycles. The summed E-state index contributed by atoms with van der Waals surface area (Å²) in [5, 5.41) is 4.91. The number of carbonyl (C=O) groups excluding carboxylic acids is 1. The Hall–Kier alpha value is -3.72. The average molecular weight is 554 g/mol. The summed E-state index contributed by atoms with van der Waals surface area (Å²) in [7, 11) is 0. The monoisotopic (exact) mass is 553 g/mol. The van der Waals surface area contributed by atoms with Crippen molar-refractivity contribution in [2.75, 3.05) is 13.2 Å². The van der Waals surface area contributed by atoms with Gasteiger partial charge in [0.05, 0.1) is 28.9 Å². The third kappa shape index (κ3) is 5.83. The van der Waals surface area contributed by atoms with Crippen molar-refractivity contribution in [3.05, 3.63) is 107 Å². The van der Waals surface area contributed by atoms with Gasteiger partial charge >= 0.3 is 0 Å². The van der Waals surface area contributed by atoms with Gasteiger partial charge in [0.1, 0.15) is 16.7 Å². The predicted molar refractivity (Wildman–Crippen MR) is 159 cm³/mol. The van der Waals surface area contributed by atoms with Crippen molar-refractivity contribution >= 4 is 40.3 Å². The number of rotatable bonds is 8. The van der Waals surface area contributed by atoms with Gasteiger partial charge in [-0.1, -0.05) is 72.5 Å². The van der Waals surface area contributed by atoms with E-state index in [0.29, 0.717) is 22.4 Å². The van der Waals surface area contributed by atoms with Crippen molar-refractivity contribution in [2.24, 2.45) is 0 Å². The number of thioether (sulfide) groups is 1. The fraction of sp³-hybridized carbons (Fsp3) is 0.194. The molecule has 1 unspecified atom stereocenters. The summed E-state index contributed by atoms with van der Waals surface area (Å²) in [5.41, 5.74) is 4.60. The third-order valence-electron chi connectivity index (χ3n) is 6.71. The molecule has 0 spiro atoms. The maximum atomic E-state index is 13.3. The van der Waals surface area contributed by atoms with E-state index in [-0.39, 0.29) is 12.0 Å². The first-order valence-corrected chi connectivity index (χ1v) is 14.2. The Morgan fingerprint density at radius 2 is 1.77 bits per heavy atom. The van der Waals surface area contributed by atoms with Crippen molar-refractivity contribution in [3.8, 4) is 22.7 Å². The van der Waals surface area contributed by atoms with Crippen LogP contribution in [0, 0.1) is 0 Å². The van der Waals surface area contributed by atoms with Crippen LogP contribution in [0.15, 0.2) is 96.0 Å². The zero-order valence-corrected chi connectivity index (χ0v) is 22.9. The second-order valence-electron chi connectivity index (χ2n) is 9.44. The molecular weight excluding hydrogens is 526 g/mol. The van der Waals surface area contributed by atoms with E-state index in [1.807, 2.05) is 102 Å². The number of ether oxygens (including phenoxy) is 2. The average Bonchev–Trinajstić information content (AvgIpc) is 3.71.